The second kappa shape index (κ2) is 13.6. The van der Waals surface area contributed by atoms with Crippen molar-refractivity contribution in [3.8, 4) is 11.1 Å². The molecule has 0 saturated heterocycles. The summed E-state index contributed by atoms with van der Waals surface area (Å²) in [5.41, 5.74) is 20.9. The lowest BCUT2D eigenvalue weighted by Crippen LogP contribution is -2.34. The van der Waals surface area contributed by atoms with Crippen LogP contribution in [0.1, 0.15) is 89.8 Å². The van der Waals surface area contributed by atoms with Gasteiger partial charge in [-0.1, -0.05) is 122 Å². The minimum absolute atomic E-state index is 0.0765. The normalized spacial score (nSPS) is 21.1. The third kappa shape index (κ3) is 5.16. The summed E-state index contributed by atoms with van der Waals surface area (Å²) in [5, 5.41) is 0. The van der Waals surface area contributed by atoms with Gasteiger partial charge in [0.05, 0.1) is 11.4 Å². The van der Waals surface area contributed by atoms with Gasteiger partial charge >= 0.3 is 0 Å². The molecule has 5 aliphatic carbocycles. The molecule has 58 heavy (non-hydrogen) atoms. The van der Waals surface area contributed by atoms with Gasteiger partial charge in [-0.15, -0.1) is 0 Å². The van der Waals surface area contributed by atoms with Crippen molar-refractivity contribution in [1.82, 2.24) is 0 Å². The molecule has 0 radical (unpaired) electrons. The Hall–Kier alpha value is -5.86. The Balaban J connectivity index is 1.05. The van der Waals surface area contributed by atoms with E-state index in [4.69, 9.17) is 0 Å². The molecule has 0 N–H and O–H groups in total. The van der Waals surface area contributed by atoms with E-state index < -0.39 is 0 Å². The topological polar surface area (TPSA) is 6.48 Å². The van der Waals surface area contributed by atoms with Crippen LogP contribution in [0, 0.1) is 11.8 Å². The van der Waals surface area contributed by atoms with E-state index in [2.05, 4.69) is 174 Å². The number of rotatable bonds is 7. The third-order valence-corrected chi connectivity index (χ3v) is 14.9. The van der Waals surface area contributed by atoms with Gasteiger partial charge in [0.25, 0.3) is 0 Å². The van der Waals surface area contributed by atoms with Gasteiger partial charge in [0.1, 0.15) is 0 Å². The Morgan fingerprint density at radius 1 is 0.397 bits per heavy atom. The highest BCUT2D eigenvalue weighted by Gasteiger charge is 2.62. The van der Waals surface area contributed by atoms with Crippen molar-refractivity contribution >= 4 is 34.1 Å². The highest BCUT2D eigenvalue weighted by molar-refractivity contribution is 5.88. The molecular weight excluding hydrogens is 701 g/mol. The summed E-state index contributed by atoms with van der Waals surface area (Å²) in [7, 11) is 0. The minimum atomic E-state index is -0.0765. The molecule has 5 aliphatic rings. The fraction of sp³-hybridized carbons (Fsp3) is 0.250. The molecule has 2 saturated carbocycles. The fourth-order valence-corrected chi connectivity index (χ4v) is 12.6. The highest BCUT2D eigenvalue weighted by Crippen LogP contribution is 2.69. The van der Waals surface area contributed by atoms with Crippen molar-refractivity contribution in [2.24, 2.45) is 11.8 Å². The van der Waals surface area contributed by atoms with Crippen molar-refractivity contribution in [2.75, 3.05) is 9.80 Å². The average molecular weight is 751 g/mol. The van der Waals surface area contributed by atoms with E-state index in [0.29, 0.717) is 17.8 Å². The molecule has 1 spiro atoms. The van der Waals surface area contributed by atoms with E-state index in [1.54, 1.807) is 11.1 Å². The van der Waals surface area contributed by atoms with E-state index >= 15 is 0 Å². The van der Waals surface area contributed by atoms with Crippen LogP contribution in [0.25, 0.3) is 11.1 Å². The molecule has 0 aliphatic heterocycles. The quantitative estimate of drug-likeness (QED) is 0.160. The van der Waals surface area contributed by atoms with Crippen LogP contribution in [-0.4, -0.2) is 0 Å². The van der Waals surface area contributed by atoms with Crippen LogP contribution in [0.3, 0.4) is 0 Å². The summed E-state index contributed by atoms with van der Waals surface area (Å²) in [6.45, 7) is 0. The van der Waals surface area contributed by atoms with Crippen LogP contribution >= 0.6 is 0 Å². The van der Waals surface area contributed by atoms with Gasteiger partial charge in [-0.05, 0) is 173 Å². The Bertz CT molecular complexity index is 2650. The number of anilines is 6. The molecule has 2 heteroatoms. The van der Waals surface area contributed by atoms with Gasteiger partial charge < -0.3 is 9.80 Å². The maximum atomic E-state index is 2.61. The van der Waals surface area contributed by atoms with Crippen molar-refractivity contribution in [3.63, 3.8) is 0 Å². The Kier molecular flexibility index (Phi) is 8.04. The average Bonchev–Trinajstić information content (AvgIpc) is 4.02. The summed E-state index contributed by atoms with van der Waals surface area (Å²) in [5.74, 6) is 1.82. The highest BCUT2D eigenvalue weighted by atomic mass is 15.2. The molecule has 12 rings (SSSR count). The number of para-hydroxylation sites is 2. The first-order valence-corrected chi connectivity index (χ1v) is 22.0. The first-order chi connectivity index (χ1) is 28.8. The van der Waals surface area contributed by atoms with Crippen molar-refractivity contribution in [1.29, 1.82) is 0 Å². The second-order valence-electron chi connectivity index (χ2n) is 17.8. The minimum Gasteiger partial charge on any atom is -0.310 e. The van der Waals surface area contributed by atoms with Crippen LogP contribution in [0.4, 0.5) is 34.1 Å². The van der Waals surface area contributed by atoms with Crippen molar-refractivity contribution in [2.45, 2.75) is 75.5 Å². The van der Waals surface area contributed by atoms with Gasteiger partial charge in [0.2, 0.25) is 0 Å². The molecular formula is C56H50N2. The monoisotopic (exact) mass is 750 g/mol. The lowest BCUT2D eigenvalue weighted by Gasteiger charge is -2.40. The Labute approximate surface area is 343 Å². The van der Waals surface area contributed by atoms with Gasteiger partial charge in [0, 0.05) is 28.2 Å². The zero-order valence-electron chi connectivity index (χ0n) is 33.3. The van der Waals surface area contributed by atoms with E-state index in [-0.39, 0.29) is 5.41 Å². The maximum absolute atomic E-state index is 2.61. The van der Waals surface area contributed by atoms with Crippen molar-refractivity contribution in [3.05, 3.63) is 203 Å². The van der Waals surface area contributed by atoms with E-state index in [1.807, 2.05) is 0 Å². The van der Waals surface area contributed by atoms with Crippen LogP contribution < -0.4 is 9.80 Å². The summed E-state index contributed by atoms with van der Waals surface area (Å²) in [6, 6.07) is 62.8. The molecule has 7 aromatic rings. The predicted octanol–water partition coefficient (Wildman–Crippen LogP) is 14.7. The molecule has 0 heterocycles. The molecule has 0 aromatic heterocycles. The molecule has 3 atom stereocenters. The lowest BCUT2D eigenvalue weighted by atomic mass is 9.68. The first kappa shape index (κ1) is 34.2. The predicted molar refractivity (Wildman–Crippen MR) is 241 cm³/mol. The van der Waals surface area contributed by atoms with Crippen LogP contribution in [0.15, 0.2) is 164 Å². The number of benzene rings is 7. The largest absolute Gasteiger partial charge is 0.310 e. The molecule has 0 amide bonds. The van der Waals surface area contributed by atoms with Crippen LogP contribution in [0.2, 0.25) is 0 Å². The standard InChI is InChI=1S/C56H50N2/c1-4-14-38(15-5-1)39-26-30-48(31-27-39)57(46-19-6-2-7-20-46)52-24-12-17-41-35-44-28-29-45-36-42-18-13-25-53(55(42)56(44,45)54(41)52)58(47-21-8-3-9-22-47)49-32-33-51-43(37-49)34-40-16-10-11-23-50(40)51/h2-3,6-13,16-27,30-33,37-38,44-45H,1,4-5,14-15,28-29,34-36H2. The number of fused-ring (bicyclic) bond motifs is 5. The van der Waals surface area contributed by atoms with Gasteiger partial charge in [-0.2, -0.15) is 0 Å². The molecule has 0 bridgehead atoms. The Morgan fingerprint density at radius 3 is 1.55 bits per heavy atom. The summed E-state index contributed by atoms with van der Waals surface area (Å²) in [6.07, 6.45) is 12.5. The van der Waals surface area contributed by atoms with E-state index in [1.165, 1.54) is 118 Å². The molecule has 2 nitrogen and oxygen atoms in total. The van der Waals surface area contributed by atoms with Gasteiger partial charge in [-0.25, -0.2) is 0 Å². The fourth-order valence-electron chi connectivity index (χ4n) is 12.6. The van der Waals surface area contributed by atoms with Crippen LogP contribution in [-0.2, 0) is 24.7 Å². The van der Waals surface area contributed by atoms with E-state index in [9.17, 15) is 0 Å². The van der Waals surface area contributed by atoms with E-state index in [0.717, 1.165) is 19.3 Å². The SMILES string of the molecule is c1ccc(N(c2ccc(C3CCCCC3)cc2)c2cccc3c2C24c5c(cccc5N(c5ccccc5)c5ccc6c(c5)Cc5ccccc5-6)CC2CCC4C3)cc1. The summed E-state index contributed by atoms with van der Waals surface area (Å²) < 4.78 is 0. The van der Waals surface area contributed by atoms with Gasteiger partial charge in [-0.3, -0.25) is 0 Å². The first-order valence-electron chi connectivity index (χ1n) is 22.0. The number of hydrogen-bond acceptors (Lipinski definition) is 2. The Morgan fingerprint density at radius 2 is 0.914 bits per heavy atom. The zero-order valence-corrected chi connectivity index (χ0v) is 33.3. The smallest absolute Gasteiger partial charge is 0.0505 e. The number of hydrogen-bond donors (Lipinski definition) is 0. The van der Waals surface area contributed by atoms with Crippen LogP contribution in [0.5, 0.6) is 0 Å². The number of nitrogens with zero attached hydrogens (tertiary/aromatic N) is 2. The molecule has 3 unspecified atom stereocenters. The molecule has 7 aromatic carbocycles. The lowest BCUT2D eigenvalue weighted by molar-refractivity contribution is 0.350. The third-order valence-electron chi connectivity index (χ3n) is 14.9. The van der Waals surface area contributed by atoms with Crippen molar-refractivity contribution < 1.29 is 0 Å². The molecule has 284 valence electrons. The summed E-state index contributed by atoms with van der Waals surface area (Å²) in [4.78, 5) is 5.21. The maximum Gasteiger partial charge on any atom is 0.0505 e. The second-order valence-corrected chi connectivity index (χ2v) is 17.8. The van der Waals surface area contributed by atoms with Gasteiger partial charge in [0.15, 0.2) is 0 Å². The molecule has 2 fully saturated rings. The zero-order chi connectivity index (χ0) is 38.2. The summed E-state index contributed by atoms with van der Waals surface area (Å²) >= 11 is 0.